The number of urea groups is 1. The molecule has 0 atom stereocenters. The van der Waals surface area contributed by atoms with Gasteiger partial charge in [-0.3, -0.25) is 4.40 Å². The molecular weight excluding hydrogens is 486 g/mol. The number of rotatable bonds is 6. The van der Waals surface area contributed by atoms with Gasteiger partial charge >= 0.3 is 6.03 Å². The van der Waals surface area contributed by atoms with Crippen LogP contribution in [0.5, 0.6) is 0 Å². The average molecular weight is 520 g/mol. The van der Waals surface area contributed by atoms with Crippen LogP contribution in [0, 0.1) is 5.92 Å². The number of hydrogen-bond donors (Lipinski definition) is 2. The van der Waals surface area contributed by atoms with E-state index >= 15 is 0 Å². The fourth-order valence-corrected chi connectivity index (χ4v) is 5.90. The van der Waals surface area contributed by atoms with E-state index in [1.807, 2.05) is 31.3 Å². The van der Waals surface area contributed by atoms with Crippen molar-refractivity contribution in [3.8, 4) is 22.5 Å². The van der Waals surface area contributed by atoms with Crippen molar-refractivity contribution in [2.75, 3.05) is 18.8 Å². The van der Waals surface area contributed by atoms with Gasteiger partial charge in [0, 0.05) is 47.9 Å². The minimum absolute atomic E-state index is 0.302. The number of nitrogens with two attached hydrogens (primary N) is 2. The fraction of sp³-hybridized carbons (Fsp3) is 0.290. The third-order valence-electron chi connectivity index (χ3n) is 8.03. The van der Waals surface area contributed by atoms with Gasteiger partial charge in [-0.1, -0.05) is 48.5 Å². The maximum absolute atomic E-state index is 11.7. The largest absolute Gasteiger partial charge is 0.382 e. The van der Waals surface area contributed by atoms with Crippen LogP contribution in [0.15, 0.2) is 73.1 Å². The highest BCUT2D eigenvalue weighted by Gasteiger charge is 2.29. The Balaban J connectivity index is 1.34. The first-order chi connectivity index (χ1) is 19.0. The summed E-state index contributed by atoms with van der Waals surface area (Å²) in [6.45, 7) is 3.33. The molecule has 4 N–H and O–H groups in total. The van der Waals surface area contributed by atoms with Gasteiger partial charge in [-0.15, -0.1) is 0 Å². The molecule has 0 spiro atoms. The standard InChI is InChI=1S/C31H33N7O/c1-2-37(31(33)39)19-20-8-10-23(11-9-20)30-36-27(28-29(32)34-16-17-38(28)30)24-13-12-22-14-15-25(35-26(22)18-24)21-6-4-3-5-7-21/h3-7,12-18,20,23H,2,8-11,19H2,1H3,(H2,32,34)(H2,33,39)/t20-,23-. The van der Waals surface area contributed by atoms with Crippen molar-refractivity contribution >= 4 is 28.3 Å². The molecule has 1 aliphatic carbocycles. The van der Waals surface area contributed by atoms with Gasteiger partial charge in [0.15, 0.2) is 0 Å². The lowest BCUT2D eigenvalue weighted by atomic mass is 9.81. The highest BCUT2D eigenvalue weighted by Crippen LogP contribution is 2.39. The molecule has 8 nitrogen and oxygen atoms in total. The number of anilines is 1. The molecule has 0 bridgehead atoms. The number of nitrogens with zero attached hydrogens (tertiary/aromatic N) is 5. The number of imidazole rings is 1. The van der Waals surface area contributed by atoms with E-state index in [-0.39, 0.29) is 6.03 Å². The lowest BCUT2D eigenvalue weighted by Crippen LogP contribution is -2.39. The lowest BCUT2D eigenvalue weighted by Gasteiger charge is -2.31. The van der Waals surface area contributed by atoms with Crippen molar-refractivity contribution < 1.29 is 4.79 Å². The molecular formula is C31H33N7O. The van der Waals surface area contributed by atoms with Gasteiger partial charge < -0.3 is 16.4 Å². The second-order valence-corrected chi connectivity index (χ2v) is 10.4. The van der Waals surface area contributed by atoms with E-state index in [0.717, 1.165) is 77.0 Å². The second-order valence-electron chi connectivity index (χ2n) is 10.4. The van der Waals surface area contributed by atoms with E-state index in [4.69, 9.17) is 21.4 Å². The topological polar surface area (TPSA) is 115 Å². The maximum Gasteiger partial charge on any atom is 0.314 e. The summed E-state index contributed by atoms with van der Waals surface area (Å²) >= 11 is 0. The molecule has 0 radical (unpaired) electrons. The zero-order valence-electron chi connectivity index (χ0n) is 22.1. The van der Waals surface area contributed by atoms with Crippen molar-refractivity contribution in [1.29, 1.82) is 0 Å². The van der Waals surface area contributed by atoms with Gasteiger partial charge in [0.1, 0.15) is 22.9 Å². The molecule has 1 aliphatic rings. The van der Waals surface area contributed by atoms with Crippen LogP contribution in [-0.2, 0) is 0 Å². The third kappa shape index (κ3) is 4.78. The van der Waals surface area contributed by atoms with Crippen molar-refractivity contribution in [3.63, 3.8) is 0 Å². The van der Waals surface area contributed by atoms with Gasteiger partial charge in [0.25, 0.3) is 0 Å². The molecule has 8 heteroatoms. The molecule has 0 saturated heterocycles. The lowest BCUT2D eigenvalue weighted by molar-refractivity contribution is 0.187. The third-order valence-corrected chi connectivity index (χ3v) is 8.03. The number of pyridine rings is 1. The van der Waals surface area contributed by atoms with Gasteiger partial charge in [0.05, 0.1) is 11.2 Å². The van der Waals surface area contributed by atoms with Crippen LogP contribution in [0.25, 0.3) is 38.9 Å². The van der Waals surface area contributed by atoms with E-state index in [0.29, 0.717) is 24.2 Å². The smallest absolute Gasteiger partial charge is 0.314 e. The highest BCUT2D eigenvalue weighted by molar-refractivity contribution is 5.91. The Hall–Kier alpha value is -4.46. The van der Waals surface area contributed by atoms with E-state index in [2.05, 4.69) is 51.8 Å². The molecule has 39 heavy (non-hydrogen) atoms. The van der Waals surface area contributed by atoms with Gasteiger partial charge in [-0.25, -0.2) is 19.7 Å². The first-order valence-corrected chi connectivity index (χ1v) is 13.6. The van der Waals surface area contributed by atoms with Gasteiger partial charge in [-0.05, 0) is 50.7 Å². The summed E-state index contributed by atoms with van der Waals surface area (Å²) in [5.41, 5.74) is 17.5. The summed E-state index contributed by atoms with van der Waals surface area (Å²) in [5.74, 6) is 2.24. The number of benzene rings is 2. The molecule has 0 unspecified atom stereocenters. The van der Waals surface area contributed by atoms with Crippen molar-refractivity contribution in [1.82, 2.24) is 24.3 Å². The molecule has 5 aromatic rings. The summed E-state index contributed by atoms with van der Waals surface area (Å²) in [4.78, 5) is 28.0. The number of amides is 2. The quantitative estimate of drug-likeness (QED) is 0.291. The Morgan fingerprint density at radius 2 is 1.77 bits per heavy atom. The van der Waals surface area contributed by atoms with Crippen molar-refractivity contribution in [3.05, 3.63) is 78.9 Å². The number of primary amides is 1. The SMILES string of the molecule is CCN(C[C@H]1CC[C@H](c2nc(-c3ccc4ccc(-c5ccccc5)nc4c3)c3c(N)nccn32)CC1)C(N)=O. The van der Waals surface area contributed by atoms with Crippen LogP contribution in [0.3, 0.4) is 0 Å². The predicted octanol–water partition coefficient (Wildman–Crippen LogP) is 5.87. The zero-order chi connectivity index (χ0) is 26.9. The van der Waals surface area contributed by atoms with Gasteiger partial charge in [-0.2, -0.15) is 0 Å². The molecule has 2 aromatic carbocycles. The van der Waals surface area contributed by atoms with Crippen molar-refractivity contribution in [2.24, 2.45) is 11.7 Å². The van der Waals surface area contributed by atoms with Crippen LogP contribution in [-0.4, -0.2) is 43.4 Å². The molecule has 0 aliphatic heterocycles. The predicted molar refractivity (Wildman–Crippen MR) is 155 cm³/mol. The normalized spacial score (nSPS) is 17.5. The van der Waals surface area contributed by atoms with Crippen LogP contribution in [0.1, 0.15) is 44.3 Å². The van der Waals surface area contributed by atoms with E-state index in [1.165, 1.54) is 0 Å². The number of carbonyl (C=O) groups is 1. The first-order valence-electron chi connectivity index (χ1n) is 13.6. The molecule has 1 fully saturated rings. The first kappa shape index (κ1) is 24.9. The van der Waals surface area contributed by atoms with E-state index < -0.39 is 0 Å². The minimum atomic E-state index is -0.341. The van der Waals surface area contributed by atoms with Gasteiger partial charge in [0.2, 0.25) is 0 Å². The Labute approximate surface area is 227 Å². The van der Waals surface area contributed by atoms with Crippen LogP contribution >= 0.6 is 0 Å². The molecule has 3 aromatic heterocycles. The highest BCUT2D eigenvalue weighted by atomic mass is 16.2. The zero-order valence-corrected chi connectivity index (χ0v) is 22.1. The van der Waals surface area contributed by atoms with Crippen LogP contribution in [0.2, 0.25) is 0 Å². The van der Waals surface area contributed by atoms with Crippen LogP contribution in [0.4, 0.5) is 10.6 Å². The molecule has 3 heterocycles. The van der Waals surface area contributed by atoms with Crippen molar-refractivity contribution in [2.45, 2.75) is 38.5 Å². The monoisotopic (exact) mass is 519 g/mol. The molecule has 198 valence electrons. The second kappa shape index (κ2) is 10.4. The number of fused-ring (bicyclic) bond motifs is 2. The Bertz CT molecular complexity index is 1640. The van der Waals surface area contributed by atoms with E-state index in [9.17, 15) is 4.79 Å². The summed E-state index contributed by atoms with van der Waals surface area (Å²) in [6.07, 6.45) is 7.76. The average Bonchev–Trinajstić information content (AvgIpc) is 3.37. The fourth-order valence-electron chi connectivity index (χ4n) is 5.90. The molecule has 6 rings (SSSR count). The number of aromatic nitrogens is 4. The summed E-state index contributed by atoms with van der Waals surface area (Å²) in [6, 6.07) is 20.3. The summed E-state index contributed by atoms with van der Waals surface area (Å²) < 4.78 is 2.11. The number of carbonyl (C=O) groups excluding carboxylic acids is 1. The Morgan fingerprint density at radius 1 is 1.00 bits per heavy atom. The number of hydrogen-bond acceptors (Lipinski definition) is 5. The minimum Gasteiger partial charge on any atom is -0.382 e. The molecule has 2 amide bonds. The maximum atomic E-state index is 11.7. The molecule has 1 saturated carbocycles. The number of nitrogen functional groups attached to an aromatic ring is 1. The van der Waals surface area contributed by atoms with Crippen LogP contribution < -0.4 is 11.5 Å². The van der Waals surface area contributed by atoms with E-state index in [1.54, 1.807) is 11.1 Å². The summed E-state index contributed by atoms with van der Waals surface area (Å²) in [7, 11) is 0. The Kier molecular flexibility index (Phi) is 6.60. The Morgan fingerprint density at radius 3 is 2.51 bits per heavy atom. The summed E-state index contributed by atoms with van der Waals surface area (Å²) in [5, 5.41) is 1.07.